The molecule has 1 aromatic carbocycles. The first-order valence-corrected chi connectivity index (χ1v) is 6.00. The monoisotopic (exact) mass is 279 g/mol. The summed E-state index contributed by atoms with van der Waals surface area (Å²) >= 11 is 3.42. The summed E-state index contributed by atoms with van der Waals surface area (Å²) in [5.74, 6) is 0. The van der Waals surface area contributed by atoms with E-state index in [1.807, 2.05) is 30.2 Å². The third kappa shape index (κ3) is 2.51. The predicted molar refractivity (Wildman–Crippen MR) is 68.4 cm³/mol. The van der Waals surface area contributed by atoms with Gasteiger partial charge in [-0.2, -0.15) is 5.10 Å². The van der Waals surface area contributed by atoms with Gasteiger partial charge in [0.05, 0.1) is 16.7 Å². The molecule has 0 spiro atoms. The Kier molecular flexibility index (Phi) is 3.74. The van der Waals surface area contributed by atoms with E-state index < -0.39 is 0 Å². The second kappa shape index (κ2) is 5.27. The molecule has 2 rings (SSSR count). The van der Waals surface area contributed by atoms with Gasteiger partial charge >= 0.3 is 0 Å². The van der Waals surface area contributed by atoms with Crippen LogP contribution < -0.4 is 5.32 Å². The molecule has 0 fully saturated rings. The Hall–Kier alpha value is -1.13. The van der Waals surface area contributed by atoms with Crippen LogP contribution in [0.1, 0.15) is 11.6 Å². The lowest BCUT2D eigenvalue weighted by atomic mass is 10.1. The number of benzene rings is 1. The van der Waals surface area contributed by atoms with Gasteiger partial charge in [-0.3, -0.25) is 4.68 Å². The van der Waals surface area contributed by atoms with Gasteiger partial charge in [-0.1, -0.05) is 30.3 Å². The molecule has 1 N–H and O–H groups in total. The summed E-state index contributed by atoms with van der Waals surface area (Å²) in [6.45, 7) is 0.859. The standard InChI is InChI=1S/C12H14BrN3/c1-14-8-12(10-5-3-2-4-6-10)16-9-11(13)7-15-16/h2-7,9,12,14H,8H2,1H3. The molecule has 0 saturated carbocycles. The van der Waals surface area contributed by atoms with Crippen LogP contribution in [0, 0.1) is 0 Å². The van der Waals surface area contributed by atoms with Crippen molar-refractivity contribution in [2.75, 3.05) is 13.6 Å². The van der Waals surface area contributed by atoms with Crippen molar-refractivity contribution in [1.82, 2.24) is 15.1 Å². The maximum Gasteiger partial charge on any atom is 0.0893 e. The van der Waals surface area contributed by atoms with Crippen molar-refractivity contribution in [1.29, 1.82) is 0 Å². The fourth-order valence-electron chi connectivity index (χ4n) is 1.72. The summed E-state index contributed by atoms with van der Waals surface area (Å²) in [6.07, 6.45) is 3.81. The first-order valence-electron chi connectivity index (χ1n) is 5.20. The van der Waals surface area contributed by atoms with Gasteiger partial charge in [0.25, 0.3) is 0 Å². The van der Waals surface area contributed by atoms with Gasteiger partial charge in [-0.25, -0.2) is 0 Å². The number of hydrogen-bond acceptors (Lipinski definition) is 2. The Bertz CT molecular complexity index is 439. The smallest absolute Gasteiger partial charge is 0.0893 e. The van der Waals surface area contributed by atoms with Crippen LogP contribution in [0.25, 0.3) is 0 Å². The van der Waals surface area contributed by atoms with Gasteiger partial charge < -0.3 is 5.32 Å². The Morgan fingerprint density at radius 2 is 2.12 bits per heavy atom. The van der Waals surface area contributed by atoms with Gasteiger partial charge in [0.1, 0.15) is 0 Å². The molecule has 1 aromatic heterocycles. The van der Waals surface area contributed by atoms with E-state index in [1.165, 1.54) is 5.56 Å². The molecule has 4 heteroatoms. The number of hydrogen-bond donors (Lipinski definition) is 1. The average Bonchev–Trinajstić information content (AvgIpc) is 2.74. The molecule has 0 aliphatic carbocycles. The second-order valence-corrected chi connectivity index (χ2v) is 4.54. The first-order chi connectivity index (χ1) is 7.81. The van der Waals surface area contributed by atoms with Gasteiger partial charge in [0, 0.05) is 12.7 Å². The molecule has 0 aliphatic heterocycles. The summed E-state index contributed by atoms with van der Waals surface area (Å²) in [5.41, 5.74) is 1.26. The molecule has 3 nitrogen and oxygen atoms in total. The third-order valence-corrected chi connectivity index (χ3v) is 2.88. The van der Waals surface area contributed by atoms with E-state index in [9.17, 15) is 0 Å². The Morgan fingerprint density at radius 3 is 2.69 bits per heavy atom. The number of rotatable bonds is 4. The van der Waals surface area contributed by atoms with Crippen LogP contribution in [0.2, 0.25) is 0 Å². The minimum absolute atomic E-state index is 0.234. The first kappa shape index (κ1) is 11.4. The molecule has 0 radical (unpaired) electrons. The van der Waals surface area contributed by atoms with Crippen molar-refractivity contribution in [2.45, 2.75) is 6.04 Å². The van der Waals surface area contributed by atoms with Crippen LogP contribution in [0.3, 0.4) is 0 Å². The maximum absolute atomic E-state index is 4.34. The zero-order valence-corrected chi connectivity index (χ0v) is 10.7. The number of halogens is 1. The Balaban J connectivity index is 2.31. The van der Waals surface area contributed by atoms with Crippen LogP contribution in [-0.2, 0) is 0 Å². The average molecular weight is 280 g/mol. The topological polar surface area (TPSA) is 29.9 Å². The molecule has 16 heavy (non-hydrogen) atoms. The fraction of sp³-hybridized carbons (Fsp3) is 0.250. The Labute approximate surface area is 104 Å². The zero-order chi connectivity index (χ0) is 11.4. The molecule has 0 aliphatic rings. The molecule has 0 bridgehead atoms. The number of nitrogens with zero attached hydrogens (tertiary/aromatic N) is 2. The van der Waals surface area contributed by atoms with E-state index in [0.717, 1.165) is 11.0 Å². The molecule has 1 atom stereocenters. The molecule has 1 unspecified atom stereocenters. The normalized spacial score (nSPS) is 12.6. The van der Waals surface area contributed by atoms with E-state index in [1.54, 1.807) is 0 Å². The van der Waals surface area contributed by atoms with Crippen molar-refractivity contribution < 1.29 is 0 Å². The number of nitrogens with one attached hydrogen (secondary N) is 1. The molecule has 2 aromatic rings. The van der Waals surface area contributed by atoms with Crippen LogP contribution in [0.5, 0.6) is 0 Å². The SMILES string of the molecule is CNCC(c1ccccc1)n1cc(Br)cn1. The summed E-state index contributed by atoms with van der Waals surface area (Å²) < 4.78 is 2.97. The lowest BCUT2D eigenvalue weighted by Gasteiger charge is -2.17. The summed E-state index contributed by atoms with van der Waals surface area (Å²) in [4.78, 5) is 0. The summed E-state index contributed by atoms with van der Waals surface area (Å²) in [5, 5.41) is 7.54. The van der Waals surface area contributed by atoms with Crippen molar-refractivity contribution >= 4 is 15.9 Å². The van der Waals surface area contributed by atoms with Crippen molar-refractivity contribution in [3.8, 4) is 0 Å². The van der Waals surface area contributed by atoms with Gasteiger partial charge in [-0.15, -0.1) is 0 Å². The quantitative estimate of drug-likeness (QED) is 0.932. The fourth-order valence-corrected chi connectivity index (χ4v) is 2.02. The van der Waals surface area contributed by atoms with E-state index in [0.29, 0.717) is 0 Å². The van der Waals surface area contributed by atoms with Crippen molar-refractivity contribution in [3.05, 3.63) is 52.8 Å². The Morgan fingerprint density at radius 1 is 1.38 bits per heavy atom. The lowest BCUT2D eigenvalue weighted by molar-refractivity contribution is 0.499. The minimum atomic E-state index is 0.234. The summed E-state index contributed by atoms with van der Waals surface area (Å²) in [7, 11) is 1.95. The van der Waals surface area contributed by atoms with Crippen molar-refractivity contribution in [2.24, 2.45) is 0 Å². The maximum atomic E-state index is 4.34. The largest absolute Gasteiger partial charge is 0.317 e. The second-order valence-electron chi connectivity index (χ2n) is 3.62. The van der Waals surface area contributed by atoms with E-state index in [2.05, 4.69) is 50.6 Å². The van der Waals surface area contributed by atoms with Crippen LogP contribution >= 0.6 is 15.9 Å². The highest BCUT2D eigenvalue weighted by atomic mass is 79.9. The summed E-state index contributed by atoms with van der Waals surface area (Å²) in [6, 6.07) is 10.6. The molecule has 0 amide bonds. The highest BCUT2D eigenvalue weighted by Gasteiger charge is 2.13. The molecular weight excluding hydrogens is 266 g/mol. The lowest BCUT2D eigenvalue weighted by Crippen LogP contribution is -2.23. The highest BCUT2D eigenvalue weighted by molar-refractivity contribution is 9.10. The highest BCUT2D eigenvalue weighted by Crippen LogP contribution is 2.18. The van der Waals surface area contributed by atoms with Crippen LogP contribution in [0.4, 0.5) is 0 Å². The number of aromatic nitrogens is 2. The van der Waals surface area contributed by atoms with Crippen molar-refractivity contribution in [3.63, 3.8) is 0 Å². The van der Waals surface area contributed by atoms with Crippen LogP contribution in [0.15, 0.2) is 47.2 Å². The molecule has 84 valence electrons. The van der Waals surface area contributed by atoms with Gasteiger partial charge in [-0.05, 0) is 28.5 Å². The van der Waals surface area contributed by atoms with E-state index in [-0.39, 0.29) is 6.04 Å². The van der Waals surface area contributed by atoms with E-state index >= 15 is 0 Å². The van der Waals surface area contributed by atoms with Crippen LogP contribution in [-0.4, -0.2) is 23.4 Å². The number of likely N-dealkylation sites (N-methyl/N-ethyl adjacent to an activating group) is 1. The minimum Gasteiger partial charge on any atom is -0.317 e. The third-order valence-electron chi connectivity index (χ3n) is 2.47. The molecule has 0 saturated heterocycles. The predicted octanol–water partition coefficient (Wildman–Crippen LogP) is 2.45. The molecule has 1 heterocycles. The molecular formula is C12H14BrN3. The van der Waals surface area contributed by atoms with Gasteiger partial charge in [0.15, 0.2) is 0 Å². The zero-order valence-electron chi connectivity index (χ0n) is 9.10. The van der Waals surface area contributed by atoms with Gasteiger partial charge in [0.2, 0.25) is 0 Å². The van der Waals surface area contributed by atoms with E-state index in [4.69, 9.17) is 0 Å².